The smallest absolute Gasteiger partial charge is 0.475 e. The van der Waals surface area contributed by atoms with E-state index in [1.54, 1.807) is 13.1 Å². The van der Waals surface area contributed by atoms with Crippen molar-refractivity contribution in [2.75, 3.05) is 18.0 Å². The Morgan fingerprint density at radius 2 is 1.96 bits per heavy atom. The maximum Gasteiger partial charge on any atom is 0.490 e. The summed E-state index contributed by atoms with van der Waals surface area (Å²) in [7, 11) is 0. The molecule has 1 atom stereocenters. The third-order valence-corrected chi connectivity index (χ3v) is 4.02. The fraction of sp³-hybridized carbons (Fsp3) is 0.562. The van der Waals surface area contributed by atoms with Crippen molar-refractivity contribution in [2.45, 2.75) is 45.0 Å². The van der Waals surface area contributed by atoms with Crippen LogP contribution in [0.4, 0.5) is 18.9 Å². The van der Waals surface area contributed by atoms with Crippen LogP contribution in [0.1, 0.15) is 25.3 Å². The highest BCUT2D eigenvalue weighted by Crippen LogP contribution is 2.35. The number of anilines is 1. The van der Waals surface area contributed by atoms with Gasteiger partial charge in [0.05, 0.1) is 0 Å². The van der Waals surface area contributed by atoms with Gasteiger partial charge in [-0.25, -0.2) is 9.78 Å². The Morgan fingerprint density at radius 3 is 2.50 bits per heavy atom. The van der Waals surface area contributed by atoms with Crippen LogP contribution in [0.15, 0.2) is 12.3 Å². The molecular weight excluding hydrogens is 355 g/mol. The number of amides is 1. The van der Waals surface area contributed by atoms with E-state index in [0.29, 0.717) is 5.88 Å². The van der Waals surface area contributed by atoms with Crippen molar-refractivity contribution in [3.63, 3.8) is 0 Å². The van der Waals surface area contributed by atoms with E-state index >= 15 is 0 Å². The number of ether oxygens (including phenoxy) is 1. The Morgan fingerprint density at radius 1 is 1.38 bits per heavy atom. The molecule has 3 rings (SSSR count). The van der Waals surface area contributed by atoms with Crippen LogP contribution in [0.5, 0.6) is 5.88 Å². The predicted molar refractivity (Wildman–Crippen MR) is 86.1 cm³/mol. The largest absolute Gasteiger partial charge is 0.490 e. The van der Waals surface area contributed by atoms with Crippen molar-refractivity contribution in [3.8, 4) is 5.88 Å². The minimum Gasteiger partial charge on any atom is -0.475 e. The van der Waals surface area contributed by atoms with E-state index < -0.39 is 18.2 Å². The molecule has 2 N–H and O–H groups in total. The summed E-state index contributed by atoms with van der Waals surface area (Å²) >= 11 is 0. The van der Waals surface area contributed by atoms with Crippen molar-refractivity contribution < 1.29 is 32.6 Å². The first-order valence-corrected chi connectivity index (χ1v) is 8.08. The molecule has 10 heteroatoms. The number of nitrogens with one attached hydrogen (secondary N) is 1. The lowest BCUT2D eigenvalue weighted by Crippen LogP contribution is -2.52. The van der Waals surface area contributed by atoms with Gasteiger partial charge in [-0.2, -0.15) is 13.2 Å². The van der Waals surface area contributed by atoms with Gasteiger partial charge in [0, 0.05) is 12.2 Å². The minimum atomic E-state index is -5.08. The molecule has 2 aliphatic rings. The molecular formula is C16H20F3N3O4. The molecule has 7 nitrogen and oxygen atoms in total. The normalized spacial score (nSPS) is 20.6. The number of nitrogens with zero attached hydrogens (tertiary/aromatic N) is 2. The van der Waals surface area contributed by atoms with Gasteiger partial charge in [-0.15, -0.1) is 0 Å². The Bertz CT molecular complexity index is 675. The number of pyridine rings is 1. The van der Waals surface area contributed by atoms with E-state index in [0.717, 1.165) is 37.2 Å². The van der Waals surface area contributed by atoms with Crippen LogP contribution in [-0.4, -0.2) is 53.4 Å². The Hall–Kier alpha value is -2.36. The number of rotatable bonds is 1. The van der Waals surface area contributed by atoms with Gasteiger partial charge in [0.25, 0.3) is 5.91 Å². The van der Waals surface area contributed by atoms with Crippen LogP contribution in [0.2, 0.25) is 0 Å². The lowest BCUT2D eigenvalue weighted by atomic mass is 10.0. The van der Waals surface area contributed by atoms with Crippen LogP contribution in [0.3, 0.4) is 0 Å². The summed E-state index contributed by atoms with van der Waals surface area (Å²) in [4.78, 5) is 27.6. The summed E-state index contributed by atoms with van der Waals surface area (Å²) in [6.07, 6.45) is -1.79. The molecule has 1 aromatic heterocycles. The van der Waals surface area contributed by atoms with E-state index in [2.05, 4.69) is 10.3 Å². The molecule has 144 valence electrons. The summed E-state index contributed by atoms with van der Waals surface area (Å²) in [5, 5.41) is 10.5. The average Bonchev–Trinajstić information content (AvgIpc) is 2.57. The number of alkyl halides is 3. The third-order valence-electron chi connectivity index (χ3n) is 4.02. The second-order valence-corrected chi connectivity index (χ2v) is 6.09. The maximum atomic E-state index is 12.5. The lowest BCUT2D eigenvalue weighted by Gasteiger charge is -2.39. The van der Waals surface area contributed by atoms with Crippen LogP contribution < -0.4 is 15.0 Å². The Kier molecular flexibility index (Phi) is 6.06. The Labute approximate surface area is 148 Å². The fourth-order valence-corrected chi connectivity index (χ4v) is 2.78. The molecule has 0 saturated carbocycles. The molecule has 0 aromatic carbocycles. The summed E-state index contributed by atoms with van der Waals surface area (Å²) in [6, 6.07) is 2.25. The van der Waals surface area contributed by atoms with E-state index in [1.165, 1.54) is 0 Å². The molecule has 0 spiro atoms. The first-order chi connectivity index (χ1) is 12.1. The number of carbonyl (C=O) groups excluding carboxylic acids is 1. The number of hydrogen-bond donors (Lipinski definition) is 2. The van der Waals surface area contributed by atoms with Gasteiger partial charge in [-0.1, -0.05) is 0 Å². The van der Waals surface area contributed by atoms with E-state index in [9.17, 15) is 18.0 Å². The van der Waals surface area contributed by atoms with Gasteiger partial charge < -0.3 is 20.1 Å². The first-order valence-electron chi connectivity index (χ1n) is 8.08. The van der Waals surface area contributed by atoms with Crippen LogP contribution in [-0.2, 0) is 9.59 Å². The summed E-state index contributed by atoms with van der Waals surface area (Å²) < 4.78 is 37.3. The number of halogens is 3. The van der Waals surface area contributed by atoms with Crippen molar-refractivity contribution in [2.24, 2.45) is 0 Å². The predicted octanol–water partition coefficient (Wildman–Crippen LogP) is 1.89. The van der Waals surface area contributed by atoms with Crippen LogP contribution in [0.25, 0.3) is 0 Å². The Balaban J connectivity index is 0.000000298. The van der Waals surface area contributed by atoms with E-state index in [-0.39, 0.29) is 11.9 Å². The number of aryl methyl sites for hydroxylation is 1. The monoisotopic (exact) mass is 375 g/mol. The van der Waals surface area contributed by atoms with Crippen molar-refractivity contribution in [3.05, 3.63) is 17.8 Å². The second-order valence-electron chi connectivity index (χ2n) is 6.09. The maximum absolute atomic E-state index is 12.5. The van der Waals surface area contributed by atoms with E-state index in [1.807, 2.05) is 17.9 Å². The molecule has 1 amide bonds. The highest BCUT2D eigenvalue weighted by Gasteiger charge is 2.38. The molecule has 0 aliphatic carbocycles. The molecule has 3 heterocycles. The molecule has 1 fully saturated rings. The number of carboxylic acid groups (broad SMARTS) is 1. The quantitative estimate of drug-likeness (QED) is 0.779. The third kappa shape index (κ3) is 4.63. The number of carbonyl (C=O) groups is 2. The van der Waals surface area contributed by atoms with Crippen molar-refractivity contribution in [1.29, 1.82) is 0 Å². The number of fused-ring (bicyclic) bond motifs is 1. The van der Waals surface area contributed by atoms with E-state index in [4.69, 9.17) is 14.6 Å². The van der Waals surface area contributed by atoms with Gasteiger partial charge in [0.1, 0.15) is 5.69 Å². The number of hydrogen-bond acceptors (Lipinski definition) is 5. The lowest BCUT2D eigenvalue weighted by molar-refractivity contribution is -0.192. The van der Waals surface area contributed by atoms with Gasteiger partial charge in [0.2, 0.25) is 5.88 Å². The molecule has 0 radical (unpaired) electrons. The number of aromatic nitrogens is 1. The zero-order valence-corrected chi connectivity index (χ0v) is 14.3. The molecule has 26 heavy (non-hydrogen) atoms. The highest BCUT2D eigenvalue weighted by atomic mass is 19.4. The molecule has 0 bridgehead atoms. The number of aliphatic carboxylic acids is 1. The molecule has 2 aliphatic heterocycles. The van der Waals surface area contributed by atoms with Crippen molar-refractivity contribution in [1.82, 2.24) is 10.3 Å². The summed E-state index contributed by atoms with van der Waals surface area (Å²) in [6.45, 7) is 5.69. The number of carboxylic acids is 1. The van der Waals surface area contributed by atoms with Crippen molar-refractivity contribution >= 4 is 17.6 Å². The fourth-order valence-electron chi connectivity index (χ4n) is 2.78. The molecule has 1 aromatic rings. The molecule has 1 unspecified atom stereocenters. The second kappa shape index (κ2) is 7.90. The summed E-state index contributed by atoms with van der Waals surface area (Å²) in [5.41, 5.74) is 1.87. The molecule has 1 saturated heterocycles. The van der Waals surface area contributed by atoms with Gasteiger partial charge in [-0.3, -0.25) is 4.79 Å². The highest BCUT2D eigenvalue weighted by molar-refractivity contribution is 6.00. The van der Waals surface area contributed by atoms with Crippen LogP contribution >= 0.6 is 0 Å². The number of piperidine rings is 1. The zero-order chi connectivity index (χ0) is 19.5. The minimum absolute atomic E-state index is 0.0480. The van der Waals surface area contributed by atoms with Crippen LogP contribution in [0, 0.1) is 6.92 Å². The topological polar surface area (TPSA) is 91.8 Å². The van der Waals surface area contributed by atoms with Gasteiger partial charge in [-0.05, 0) is 51.4 Å². The van der Waals surface area contributed by atoms with Gasteiger partial charge >= 0.3 is 12.1 Å². The summed E-state index contributed by atoms with van der Waals surface area (Å²) in [5.74, 6) is -2.13. The first kappa shape index (κ1) is 20.0. The standard InChI is InChI=1S/C14H19N3O2.C2HF3O2/c1-9-7-12-13(16-8-9)19-10(2)14(18)17(12)11-3-5-15-6-4-11;3-2(4,5)1(6)7/h7-8,10-11,15H,3-6H2,1-2H3;(H,6,7). The van der Waals surface area contributed by atoms with Gasteiger partial charge in [0.15, 0.2) is 6.10 Å². The zero-order valence-electron chi connectivity index (χ0n) is 14.3. The SMILES string of the molecule is Cc1cnc2c(c1)N(C1CCNCC1)C(=O)C(C)O2.O=C(O)C(F)(F)F. The average molecular weight is 375 g/mol.